The smallest absolute Gasteiger partial charge is 0.358 e. The Morgan fingerprint density at radius 2 is 1.88 bits per heavy atom. The first-order valence-corrected chi connectivity index (χ1v) is 4.37. The van der Waals surface area contributed by atoms with Crippen molar-refractivity contribution < 1.29 is 9.85 Å². The van der Waals surface area contributed by atoms with Gasteiger partial charge in [0.05, 0.1) is 4.92 Å². The van der Waals surface area contributed by atoms with Gasteiger partial charge in [0.15, 0.2) is 0 Å². The number of imidazole rings is 1. The van der Waals surface area contributed by atoms with E-state index in [1.165, 1.54) is 29.2 Å². The van der Waals surface area contributed by atoms with Crippen LogP contribution >= 0.6 is 0 Å². The van der Waals surface area contributed by atoms with Crippen LogP contribution in [0.15, 0.2) is 30.9 Å². The average Bonchev–Trinajstić information content (AvgIpc) is 2.78. The van der Waals surface area contributed by atoms with Crippen molar-refractivity contribution in [2.75, 3.05) is 0 Å². The molecule has 0 aliphatic rings. The maximum Gasteiger partial charge on any atom is 0.381 e. The van der Waals surface area contributed by atoms with Crippen molar-refractivity contribution in [1.82, 2.24) is 14.5 Å². The van der Waals surface area contributed by atoms with Crippen LogP contribution in [0.4, 0.5) is 11.5 Å². The second kappa shape index (κ2) is 3.96. The van der Waals surface area contributed by atoms with Gasteiger partial charge in [-0.15, -0.1) is 0 Å². The lowest BCUT2D eigenvalue weighted by molar-refractivity contribution is -0.389. The maximum atomic E-state index is 10.4. The second-order valence-corrected chi connectivity index (χ2v) is 3.03. The molecule has 17 heavy (non-hydrogen) atoms. The van der Waals surface area contributed by atoms with E-state index in [9.17, 15) is 20.2 Å². The highest BCUT2D eigenvalue weighted by Crippen LogP contribution is 2.14. The molecule has 0 bridgehead atoms. The molecule has 2 aromatic rings. The molecule has 0 aromatic carbocycles. The van der Waals surface area contributed by atoms with Gasteiger partial charge in [-0.1, -0.05) is 0 Å². The monoisotopic (exact) mass is 235 g/mol. The highest BCUT2D eigenvalue weighted by molar-refractivity contribution is 5.34. The Morgan fingerprint density at radius 3 is 2.35 bits per heavy atom. The SMILES string of the molecule is O=[N+]([O-])c1ccc(-n2cnc([N+](=O)[O-])c2)nc1. The molecule has 0 saturated carbocycles. The molecule has 0 saturated heterocycles. The van der Waals surface area contributed by atoms with Gasteiger partial charge in [-0.3, -0.25) is 14.7 Å². The summed E-state index contributed by atoms with van der Waals surface area (Å²) in [6, 6.07) is 2.64. The second-order valence-electron chi connectivity index (χ2n) is 3.03. The molecule has 0 radical (unpaired) electrons. The Labute approximate surface area is 93.7 Å². The van der Waals surface area contributed by atoms with Crippen LogP contribution in [0.2, 0.25) is 0 Å². The fourth-order valence-corrected chi connectivity index (χ4v) is 1.17. The lowest BCUT2D eigenvalue weighted by atomic mass is 10.4. The molecule has 0 spiro atoms. The molecule has 0 amide bonds. The standard InChI is InChI=1S/C8H5N5O4/c14-12(15)6-1-2-7(9-3-6)11-4-8(10-5-11)13(16)17/h1-5H. The Balaban J connectivity index is 2.33. The van der Waals surface area contributed by atoms with Crippen LogP contribution in [-0.2, 0) is 0 Å². The first-order chi connectivity index (χ1) is 8.08. The summed E-state index contributed by atoms with van der Waals surface area (Å²) in [5, 5.41) is 20.8. The Hall–Kier alpha value is -2.84. The Bertz CT molecular complexity index is 576. The van der Waals surface area contributed by atoms with E-state index in [4.69, 9.17) is 0 Å². The van der Waals surface area contributed by atoms with Crippen molar-refractivity contribution in [1.29, 1.82) is 0 Å². The van der Waals surface area contributed by atoms with Crippen LogP contribution in [0.25, 0.3) is 5.82 Å². The van der Waals surface area contributed by atoms with Crippen molar-refractivity contribution in [3.63, 3.8) is 0 Å². The van der Waals surface area contributed by atoms with Crippen LogP contribution in [0, 0.1) is 20.2 Å². The van der Waals surface area contributed by atoms with Crippen LogP contribution < -0.4 is 0 Å². The highest BCUT2D eigenvalue weighted by Gasteiger charge is 2.12. The summed E-state index contributed by atoms with van der Waals surface area (Å²) in [6.07, 6.45) is 3.46. The minimum atomic E-state index is -0.637. The van der Waals surface area contributed by atoms with Gasteiger partial charge < -0.3 is 10.1 Å². The third-order valence-corrected chi connectivity index (χ3v) is 1.96. The lowest BCUT2D eigenvalue weighted by Crippen LogP contribution is -1.95. The van der Waals surface area contributed by atoms with Crippen LogP contribution in [0.1, 0.15) is 0 Å². The first kappa shape index (κ1) is 10.7. The molecule has 9 heteroatoms. The quantitative estimate of drug-likeness (QED) is 0.580. The van der Waals surface area contributed by atoms with Crippen LogP contribution in [0.5, 0.6) is 0 Å². The molecular weight excluding hydrogens is 230 g/mol. The molecule has 2 aromatic heterocycles. The summed E-state index contributed by atoms with van der Waals surface area (Å²) >= 11 is 0. The summed E-state index contributed by atoms with van der Waals surface area (Å²) < 4.78 is 1.31. The molecule has 2 heterocycles. The van der Waals surface area contributed by atoms with Gasteiger partial charge in [-0.05, 0) is 16.0 Å². The molecular formula is C8H5N5O4. The van der Waals surface area contributed by atoms with Crippen LogP contribution in [0.3, 0.4) is 0 Å². The van der Waals surface area contributed by atoms with E-state index in [-0.39, 0.29) is 11.5 Å². The summed E-state index contributed by atoms with van der Waals surface area (Å²) in [5.74, 6) is 0.00125. The van der Waals surface area contributed by atoms with Gasteiger partial charge in [0.2, 0.25) is 6.33 Å². The van der Waals surface area contributed by atoms with E-state index >= 15 is 0 Å². The predicted octanol–water partition coefficient (Wildman–Crippen LogP) is 1.08. The molecule has 0 unspecified atom stereocenters. The summed E-state index contributed by atoms with van der Waals surface area (Å²) in [7, 11) is 0. The highest BCUT2D eigenvalue weighted by atomic mass is 16.6. The van der Waals surface area contributed by atoms with E-state index in [0.717, 1.165) is 6.20 Å². The largest absolute Gasteiger partial charge is 0.381 e. The zero-order chi connectivity index (χ0) is 12.4. The average molecular weight is 235 g/mol. The van der Waals surface area contributed by atoms with Crippen molar-refractivity contribution in [2.45, 2.75) is 0 Å². The number of aromatic nitrogens is 3. The van der Waals surface area contributed by atoms with Crippen LogP contribution in [-0.4, -0.2) is 24.4 Å². The minimum absolute atomic E-state index is 0.150. The topological polar surface area (TPSA) is 117 Å². The first-order valence-electron chi connectivity index (χ1n) is 4.37. The number of hydrogen-bond acceptors (Lipinski definition) is 6. The number of nitro groups is 2. The molecule has 86 valence electrons. The maximum absolute atomic E-state index is 10.4. The Kier molecular flexibility index (Phi) is 2.49. The van der Waals surface area contributed by atoms with Crippen molar-refractivity contribution >= 4 is 11.5 Å². The molecule has 0 aliphatic heterocycles. The number of rotatable bonds is 3. The molecule has 0 fully saturated rings. The van der Waals surface area contributed by atoms with E-state index in [1.807, 2.05) is 0 Å². The van der Waals surface area contributed by atoms with Gasteiger partial charge in [0.25, 0.3) is 5.69 Å². The number of pyridine rings is 1. The summed E-state index contributed by atoms with van der Waals surface area (Å²) in [5.41, 5.74) is -0.150. The van der Waals surface area contributed by atoms with Crippen molar-refractivity contribution in [3.8, 4) is 5.82 Å². The fraction of sp³-hybridized carbons (Fsp3) is 0. The molecule has 0 N–H and O–H groups in total. The van der Waals surface area contributed by atoms with E-state index in [1.54, 1.807) is 0 Å². The van der Waals surface area contributed by atoms with E-state index in [0.29, 0.717) is 5.82 Å². The molecule has 9 nitrogen and oxygen atoms in total. The normalized spacial score (nSPS) is 10.1. The zero-order valence-corrected chi connectivity index (χ0v) is 8.26. The zero-order valence-electron chi connectivity index (χ0n) is 8.26. The van der Waals surface area contributed by atoms with Crippen molar-refractivity contribution in [3.05, 3.63) is 51.1 Å². The summed E-state index contributed by atoms with van der Waals surface area (Å²) in [4.78, 5) is 26.9. The van der Waals surface area contributed by atoms with Crippen molar-refractivity contribution in [2.24, 2.45) is 0 Å². The number of hydrogen-bond donors (Lipinski definition) is 0. The molecule has 0 atom stereocenters. The van der Waals surface area contributed by atoms with Gasteiger partial charge in [-0.25, -0.2) is 4.98 Å². The predicted molar refractivity (Wildman–Crippen MR) is 54.7 cm³/mol. The van der Waals surface area contributed by atoms with E-state index in [2.05, 4.69) is 9.97 Å². The van der Waals surface area contributed by atoms with Gasteiger partial charge in [0, 0.05) is 6.07 Å². The van der Waals surface area contributed by atoms with Gasteiger partial charge in [0.1, 0.15) is 18.2 Å². The Morgan fingerprint density at radius 1 is 1.12 bits per heavy atom. The summed E-state index contributed by atoms with van der Waals surface area (Å²) in [6.45, 7) is 0. The van der Waals surface area contributed by atoms with E-state index < -0.39 is 9.85 Å². The van der Waals surface area contributed by atoms with Gasteiger partial charge in [-0.2, -0.15) is 0 Å². The number of nitrogens with zero attached hydrogens (tertiary/aromatic N) is 5. The third kappa shape index (κ3) is 2.07. The fourth-order valence-electron chi connectivity index (χ4n) is 1.17. The lowest BCUT2D eigenvalue weighted by Gasteiger charge is -1.97. The minimum Gasteiger partial charge on any atom is -0.358 e. The van der Waals surface area contributed by atoms with Gasteiger partial charge >= 0.3 is 5.82 Å². The molecule has 2 rings (SSSR count). The molecule has 0 aliphatic carbocycles. The third-order valence-electron chi connectivity index (χ3n) is 1.96.